The van der Waals surface area contributed by atoms with Gasteiger partial charge in [0.05, 0.1) is 6.67 Å². The minimum absolute atomic E-state index is 0.0579. The molecular formula is C6H9FO. The van der Waals surface area contributed by atoms with Gasteiger partial charge in [0.2, 0.25) is 0 Å². The maximum absolute atomic E-state index is 11.7. The number of rotatable bonds is 1. The number of hydrogen-bond donors (Lipinski definition) is 0. The van der Waals surface area contributed by atoms with Gasteiger partial charge in [0.1, 0.15) is 5.78 Å². The van der Waals surface area contributed by atoms with Crippen LogP contribution in [0, 0.1) is 5.92 Å². The average Bonchev–Trinajstić information content (AvgIpc) is 2.14. The molecule has 8 heavy (non-hydrogen) atoms. The molecule has 0 radical (unpaired) electrons. The van der Waals surface area contributed by atoms with Crippen molar-refractivity contribution >= 4 is 5.78 Å². The molecule has 0 saturated heterocycles. The van der Waals surface area contributed by atoms with Crippen LogP contribution in [0.25, 0.3) is 0 Å². The molecule has 0 aliphatic heterocycles. The van der Waals surface area contributed by atoms with Gasteiger partial charge >= 0.3 is 0 Å². The lowest BCUT2D eigenvalue weighted by Gasteiger charge is -1.95. The highest BCUT2D eigenvalue weighted by Crippen LogP contribution is 2.21. The molecule has 1 aliphatic rings. The molecule has 0 aromatic rings. The summed E-state index contributed by atoms with van der Waals surface area (Å²) in [7, 11) is 0. The lowest BCUT2D eigenvalue weighted by molar-refractivity contribution is -0.117. The molecule has 1 atom stereocenters. The lowest BCUT2D eigenvalue weighted by Crippen LogP contribution is -1.95. The topological polar surface area (TPSA) is 17.1 Å². The van der Waals surface area contributed by atoms with Gasteiger partial charge in [-0.15, -0.1) is 0 Å². The molecule has 1 rings (SSSR count). The van der Waals surface area contributed by atoms with Crippen LogP contribution < -0.4 is 0 Å². The van der Waals surface area contributed by atoms with Crippen molar-refractivity contribution in [3.8, 4) is 0 Å². The molecule has 46 valence electrons. The SMILES string of the molecule is O=C1CCC(CF)C1. The van der Waals surface area contributed by atoms with Gasteiger partial charge in [0.25, 0.3) is 0 Å². The lowest BCUT2D eigenvalue weighted by atomic mass is 10.1. The molecule has 0 spiro atoms. The van der Waals surface area contributed by atoms with Gasteiger partial charge in [-0.2, -0.15) is 0 Å². The third-order valence-corrected chi connectivity index (χ3v) is 1.57. The monoisotopic (exact) mass is 116 g/mol. The van der Waals surface area contributed by atoms with Gasteiger partial charge in [0, 0.05) is 12.8 Å². The zero-order valence-corrected chi connectivity index (χ0v) is 4.69. The summed E-state index contributed by atoms with van der Waals surface area (Å²) in [6, 6.07) is 0. The Morgan fingerprint density at radius 3 is 2.75 bits per heavy atom. The summed E-state index contributed by atoms with van der Waals surface area (Å²) in [4.78, 5) is 10.4. The van der Waals surface area contributed by atoms with Crippen molar-refractivity contribution in [2.24, 2.45) is 5.92 Å². The minimum Gasteiger partial charge on any atom is -0.300 e. The number of carbonyl (C=O) groups is 1. The van der Waals surface area contributed by atoms with Gasteiger partial charge in [-0.3, -0.25) is 9.18 Å². The predicted molar refractivity (Wildman–Crippen MR) is 28.3 cm³/mol. The van der Waals surface area contributed by atoms with Gasteiger partial charge < -0.3 is 0 Å². The summed E-state index contributed by atoms with van der Waals surface area (Å²) in [5.41, 5.74) is 0. The van der Waals surface area contributed by atoms with E-state index in [9.17, 15) is 9.18 Å². The summed E-state index contributed by atoms with van der Waals surface area (Å²) in [5, 5.41) is 0. The van der Waals surface area contributed by atoms with Crippen LogP contribution in [0.3, 0.4) is 0 Å². The zero-order chi connectivity index (χ0) is 5.98. The fraction of sp³-hybridized carbons (Fsp3) is 0.833. The summed E-state index contributed by atoms with van der Waals surface area (Å²) in [6.07, 6.45) is 1.86. The highest BCUT2D eigenvalue weighted by Gasteiger charge is 2.21. The van der Waals surface area contributed by atoms with E-state index in [1.807, 2.05) is 0 Å². The Kier molecular flexibility index (Phi) is 1.61. The van der Waals surface area contributed by atoms with Crippen molar-refractivity contribution in [2.45, 2.75) is 19.3 Å². The van der Waals surface area contributed by atoms with Gasteiger partial charge in [-0.1, -0.05) is 0 Å². The minimum atomic E-state index is -0.314. The largest absolute Gasteiger partial charge is 0.300 e. The fourth-order valence-electron chi connectivity index (χ4n) is 1.02. The van der Waals surface area contributed by atoms with Gasteiger partial charge in [-0.25, -0.2) is 0 Å². The third kappa shape index (κ3) is 1.05. The van der Waals surface area contributed by atoms with E-state index in [-0.39, 0.29) is 18.4 Å². The van der Waals surface area contributed by atoms with Crippen molar-refractivity contribution in [1.29, 1.82) is 0 Å². The Hall–Kier alpha value is -0.400. The molecule has 0 bridgehead atoms. The van der Waals surface area contributed by atoms with Crippen LogP contribution in [-0.4, -0.2) is 12.5 Å². The summed E-state index contributed by atoms with van der Waals surface area (Å²) in [6.45, 7) is -0.314. The van der Waals surface area contributed by atoms with E-state index in [4.69, 9.17) is 0 Å². The number of carbonyl (C=O) groups excluding carboxylic acids is 1. The smallest absolute Gasteiger partial charge is 0.133 e. The van der Waals surface area contributed by atoms with Crippen molar-refractivity contribution in [3.63, 3.8) is 0 Å². The first kappa shape index (κ1) is 5.73. The van der Waals surface area contributed by atoms with Gasteiger partial charge in [0.15, 0.2) is 0 Å². The summed E-state index contributed by atoms with van der Waals surface area (Å²) >= 11 is 0. The molecule has 1 nitrogen and oxygen atoms in total. The molecule has 2 heteroatoms. The van der Waals surface area contributed by atoms with Crippen LogP contribution in [0.4, 0.5) is 4.39 Å². The van der Waals surface area contributed by atoms with E-state index in [1.165, 1.54) is 0 Å². The van der Waals surface area contributed by atoms with Crippen LogP contribution >= 0.6 is 0 Å². The molecule has 1 saturated carbocycles. The van der Waals surface area contributed by atoms with Crippen molar-refractivity contribution in [2.75, 3.05) is 6.67 Å². The van der Waals surface area contributed by atoms with E-state index >= 15 is 0 Å². The van der Waals surface area contributed by atoms with E-state index in [1.54, 1.807) is 0 Å². The van der Waals surface area contributed by atoms with Crippen LogP contribution in [-0.2, 0) is 4.79 Å². The van der Waals surface area contributed by atoms with E-state index in [0.29, 0.717) is 12.8 Å². The molecular weight excluding hydrogens is 107 g/mol. The Bertz CT molecular complexity index is 101. The standard InChI is InChI=1S/C6H9FO/c7-4-5-1-2-6(8)3-5/h5H,1-4H2. The highest BCUT2D eigenvalue weighted by molar-refractivity contribution is 5.80. The molecule has 0 amide bonds. The first-order valence-electron chi connectivity index (χ1n) is 2.90. The Balaban J connectivity index is 2.32. The number of ketones is 1. The van der Waals surface area contributed by atoms with Crippen molar-refractivity contribution in [3.05, 3.63) is 0 Å². The van der Waals surface area contributed by atoms with E-state index < -0.39 is 0 Å². The first-order valence-corrected chi connectivity index (χ1v) is 2.90. The molecule has 1 unspecified atom stereocenters. The van der Waals surface area contributed by atoms with Crippen LogP contribution in [0.1, 0.15) is 19.3 Å². The maximum Gasteiger partial charge on any atom is 0.133 e. The zero-order valence-electron chi connectivity index (χ0n) is 4.69. The quantitative estimate of drug-likeness (QED) is 0.505. The number of Topliss-reactive ketones (excluding diaryl/α,β-unsaturated/α-hetero) is 1. The predicted octanol–water partition coefficient (Wildman–Crippen LogP) is 1.33. The fourth-order valence-corrected chi connectivity index (χ4v) is 1.02. The second-order valence-corrected chi connectivity index (χ2v) is 2.30. The molecule has 1 fully saturated rings. The molecule has 0 heterocycles. The average molecular weight is 116 g/mol. The number of hydrogen-bond acceptors (Lipinski definition) is 1. The third-order valence-electron chi connectivity index (χ3n) is 1.57. The van der Waals surface area contributed by atoms with Crippen LogP contribution in [0.5, 0.6) is 0 Å². The summed E-state index contributed by atoms with van der Waals surface area (Å²) in [5.74, 6) is 0.287. The van der Waals surface area contributed by atoms with E-state index in [2.05, 4.69) is 0 Å². The van der Waals surface area contributed by atoms with Crippen LogP contribution in [0.15, 0.2) is 0 Å². The van der Waals surface area contributed by atoms with Gasteiger partial charge in [-0.05, 0) is 12.3 Å². The normalized spacial score (nSPS) is 29.1. The Morgan fingerprint density at radius 1 is 1.75 bits per heavy atom. The van der Waals surface area contributed by atoms with Crippen molar-refractivity contribution < 1.29 is 9.18 Å². The first-order chi connectivity index (χ1) is 3.83. The Morgan fingerprint density at radius 2 is 2.50 bits per heavy atom. The molecule has 1 aliphatic carbocycles. The molecule has 0 N–H and O–H groups in total. The Labute approximate surface area is 47.9 Å². The second kappa shape index (κ2) is 2.25. The number of alkyl halides is 1. The molecule has 0 aromatic carbocycles. The highest BCUT2D eigenvalue weighted by atomic mass is 19.1. The van der Waals surface area contributed by atoms with E-state index in [0.717, 1.165) is 6.42 Å². The number of halogens is 1. The molecule has 0 aromatic heterocycles. The summed E-state index contributed by atoms with van der Waals surface area (Å²) < 4.78 is 11.7. The maximum atomic E-state index is 11.7. The second-order valence-electron chi connectivity index (χ2n) is 2.30. The van der Waals surface area contributed by atoms with Crippen LogP contribution in [0.2, 0.25) is 0 Å². The van der Waals surface area contributed by atoms with Crippen molar-refractivity contribution in [1.82, 2.24) is 0 Å².